The number of amides is 1. The molecule has 1 amide bonds. The van der Waals surface area contributed by atoms with Crippen molar-refractivity contribution in [2.45, 2.75) is 0 Å². The lowest BCUT2D eigenvalue weighted by Gasteiger charge is -2.36. The Morgan fingerprint density at radius 2 is 1.39 bits per heavy atom. The van der Waals surface area contributed by atoms with E-state index in [2.05, 4.69) is 11.0 Å². The van der Waals surface area contributed by atoms with Crippen LogP contribution in [0.2, 0.25) is 5.02 Å². The third kappa shape index (κ3) is 4.32. The number of hydrogen-bond donors (Lipinski definition) is 0. The van der Waals surface area contributed by atoms with Gasteiger partial charge in [-0.15, -0.1) is 0 Å². The van der Waals surface area contributed by atoms with Crippen LogP contribution < -0.4 is 4.90 Å². The van der Waals surface area contributed by atoms with Crippen molar-refractivity contribution < 1.29 is 4.79 Å². The van der Waals surface area contributed by atoms with Crippen LogP contribution in [-0.2, 0) is 0 Å². The number of anilines is 1. The summed E-state index contributed by atoms with van der Waals surface area (Å²) in [5.74, 6) is -0.0481. The van der Waals surface area contributed by atoms with Gasteiger partial charge in [-0.25, -0.2) is 9.50 Å². The van der Waals surface area contributed by atoms with Gasteiger partial charge >= 0.3 is 0 Å². The summed E-state index contributed by atoms with van der Waals surface area (Å²) in [6.07, 6.45) is 0. The van der Waals surface area contributed by atoms with Gasteiger partial charge in [0, 0.05) is 54.1 Å². The predicted octanol–water partition coefficient (Wildman–Crippen LogP) is 5.68. The first-order valence-corrected chi connectivity index (χ1v) is 12.3. The van der Waals surface area contributed by atoms with Gasteiger partial charge in [-0.1, -0.05) is 78.3 Å². The summed E-state index contributed by atoms with van der Waals surface area (Å²) in [6.45, 7) is 2.70. The Kier molecular flexibility index (Phi) is 5.87. The molecular formula is C29H24ClN5O. The molecule has 0 radical (unpaired) electrons. The molecule has 0 atom stereocenters. The van der Waals surface area contributed by atoms with Crippen molar-refractivity contribution in [2.75, 3.05) is 31.1 Å². The molecule has 36 heavy (non-hydrogen) atoms. The molecule has 3 heterocycles. The largest absolute Gasteiger partial charge is 0.368 e. The molecule has 1 aliphatic heterocycles. The second-order valence-electron chi connectivity index (χ2n) is 8.82. The van der Waals surface area contributed by atoms with Gasteiger partial charge in [0.2, 0.25) is 0 Å². The van der Waals surface area contributed by atoms with Crippen molar-refractivity contribution in [3.8, 4) is 22.5 Å². The molecule has 3 aromatic carbocycles. The van der Waals surface area contributed by atoms with E-state index in [-0.39, 0.29) is 5.91 Å². The minimum Gasteiger partial charge on any atom is -0.368 e. The summed E-state index contributed by atoms with van der Waals surface area (Å²) in [5, 5.41) is 5.50. The van der Waals surface area contributed by atoms with Crippen molar-refractivity contribution in [1.29, 1.82) is 0 Å². The molecular weight excluding hydrogens is 470 g/mol. The Morgan fingerprint density at radius 1 is 0.722 bits per heavy atom. The highest BCUT2D eigenvalue weighted by atomic mass is 35.5. The third-order valence-electron chi connectivity index (χ3n) is 6.53. The van der Waals surface area contributed by atoms with Gasteiger partial charge in [-0.3, -0.25) is 4.79 Å². The fraction of sp³-hybridized carbons (Fsp3) is 0.138. The number of hydrogen-bond acceptors (Lipinski definition) is 4. The van der Waals surface area contributed by atoms with E-state index in [0.717, 1.165) is 41.3 Å². The molecule has 2 aromatic heterocycles. The lowest BCUT2D eigenvalue weighted by Crippen LogP contribution is -2.49. The number of piperazine rings is 1. The van der Waals surface area contributed by atoms with E-state index in [0.29, 0.717) is 29.5 Å². The van der Waals surface area contributed by atoms with Crippen molar-refractivity contribution >= 4 is 28.8 Å². The molecule has 0 aliphatic carbocycles. The topological polar surface area (TPSA) is 53.7 Å². The summed E-state index contributed by atoms with van der Waals surface area (Å²) in [7, 11) is 0. The van der Waals surface area contributed by atoms with E-state index in [9.17, 15) is 4.79 Å². The quantitative estimate of drug-likeness (QED) is 0.323. The Hall–Kier alpha value is -4.16. The molecule has 1 saturated heterocycles. The standard InChI is InChI=1S/C29H24ClN5O/c30-23-12-7-13-24(18-23)33-14-16-34(17-15-33)29(36)27-19-25(21-8-3-1-4-9-21)31-28-20-26(32-35(27)28)22-10-5-2-6-11-22/h1-13,18-20H,14-17H2. The van der Waals surface area contributed by atoms with Gasteiger partial charge < -0.3 is 9.80 Å². The maximum Gasteiger partial charge on any atom is 0.272 e. The number of aromatic nitrogens is 3. The number of nitrogens with zero attached hydrogens (tertiary/aromatic N) is 5. The molecule has 1 fully saturated rings. The Labute approximate surface area is 214 Å². The highest BCUT2D eigenvalue weighted by Gasteiger charge is 2.26. The second kappa shape index (κ2) is 9.47. The zero-order valence-electron chi connectivity index (χ0n) is 19.6. The molecule has 0 saturated carbocycles. The number of halogens is 1. The minimum absolute atomic E-state index is 0.0481. The number of fused-ring (bicyclic) bond motifs is 1. The fourth-order valence-electron chi connectivity index (χ4n) is 4.64. The zero-order chi connectivity index (χ0) is 24.5. The van der Waals surface area contributed by atoms with Crippen LogP contribution >= 0.6 is 11.6 Å². The first-order chi connectivity index (χ1) is 17.7. The van der Waals surface area contributed by atoms with Crippen LogP contribution in [0.15, 0.2) is 97.1 Å². The van der Waals surface area contributed by atoms with Crippen LogP contribution in [0.25, 0.3) is 28.2 Å². The van der Waals surface area contributed by atoms with Gasteiger partial charge in [0.1, 0.15) is 5.69 Å². The Morgan fingerprint density at radius 3 is 2.06 bits per heavy atom. The lowest BCUT2D eigenvalue weighted by atomic mass is 10.1. The molecule has 0 bridgehead atoms. The first-order valence-electron chi connectivity index (χ1n) is 12.0. The Bertz CT molecular complexity index is 1530. The summed E-state index contributed by atoms with van der Waals surface area (Å²) >= 11 is 6.18. The SMILES string of the molecule is O=C(c1cc(-c2ccccc2)nc2cc(-c3ccccc3)nn12)N1CCN(c2cccc(Cl)c2)CC1. The van der Waals surface area contributed by atoms with Crippen LogP contribution in [0, 0.1) is 0 Å². The van der Waals surface area contributed by atoms with E-state index in [1.807, 2.05) is 95.9 Å². The highest BCUT2D eigenvalue weighted by molar-refractivity contribution is 6.30. The fourth-order valence-corrected chi connectivity index (χ4v) is 4.82. The summed E-state index contributed by atoms with van der Waals surface area (Å²) in [4.78, 5) is 22.8. The normalized spacial score (nSPS) is 13.8. The first kappa shape index (κ1) is 22.3. The molecule has 7 heteroatoms. The van der Waals surface area contributed by atoms with Gasteiger partial charge in [-0.05, 0) is 24.3 Å². The monoisotopic (exact) mass is 493 g/mol. The summed E-state index contributed by atoms with van der Waals surface area (Å²) in [5.41, 5.74) is 5.72. The lowest BCUT2D eigenvalue weighted by molar-refractivity contribution is 0.0738. The summed E-state index contributed by atoms with van der Waals surface area (Å²) in [6, 6.07) is 31.5. The van der Waals surface area contributed by atoms with Crippen LogP contribution in [0.4, 0.5) is 5.69 Å². The van der Waals surface area contributed by atoms with E-state index in [1.54, 1.807) is 4.52 Å². The average Bonchev–Trinajstić information content (AvgIpc) is 3.38. The van der Waals surface area contributed by atoms with Crippen molar-refractivity contribution in [3.63, 3.8) is 0 Å². The smallest absolute Gasteiger partial charge is 0.272 e. The number of rotatable bonds is 4. The van der Waals surface area contributed by atoms with E-state index >= 15 is 0 Å². The molecule has 0 unspecified atom stereocenters. The summed E-state index contributed by atoms with van der Waals surface area (Å²) < 4.78 is 1.68. The van der Waals surface area contributed by atoms with Crippen molar-refractivity contribution in [3.05, 3.63) is 108 Å². The van der Waals surface area contributed by atoms with E-state index in [1.165, 1.54) is 0 Å². The number of carbonyl (C=O) groups is 1. The van der Waals surface area contributed by atoms with Crippen LogP contribution in [0.1, 0.15) is 10.5 Å². The predicted molar refractivity (Wildman–Crippen MR) is 143 cm³/mol. The van der Waals surface area contributed by atoms with Gasteiger partial charge in [0.05, 0.1) is 11.4 Å². The van der Waals surface area contributed by atoms with E-state index in [4.69, 9.17) is 21.7 Å². The van der Waals surface area contributed by atoms with E-state index < -0.39 is 0 Å². The minimum atomic E-state index is -0.0481. The maximum atomic E-state index is 13.8. The molecule has 0 spiro atoms. The van der Waals surface area contributed by atoms with Crippen molar-refractivity contribution in [1.82, 2.24) is 19.5 Å². The van der Waals surface area contributed by atoms with Gasteiger partial charge in [0.15, 0.2) is 5.65 Å². The zero-order valence-corrected chi connectivity index (χ0v) is 20.3. The van der Waals surface area contributed by atoms with Crippen LogP contribution in [-0.4, -0.2) is 51.6 Å². The van der Waals surface area contributed by atoms with Crippen LogP contribution in [0.5, 0.6) is 0 Å². The highest BCUT2D eigenvalue weighted by Crippen LogP contribution is 2.26. The molecule has 0 N–H and O–H groups in total. The Balaban J connectivity index is 1.35. The maximum absolute atomic E-state index is 13.8. The molecule has 6 nitrogen and oxygen atoms in total. The molecule has 1 aliphatic rings. The van der Waals surface area contributed by atoms with Gasteiger partial charge in [0.25, 0.3) is 5.91 Å². The number of carbonyl (C=O) groups excluding carboxylic acids is 1. The molecule has 6 rings (SSSR count). The number of benzene rings is 3. The van der Waals surface area contributed by atoms with Crippen molar-refractivity contribution in [2.24, 2.45) is 0 Å². The average molecular weight is 494 g/mol. The van der Waals surface area contributed by atoms with Gasteiger partial charge in [-0.2, -0.15) is 5.10 Å². The molecule has 5 aromatic rings. The molecule has 178 valence electrons. The second-order valence-corrected chi connectivity index (χ2v) is 9.25. The van der Waals surface area contributed by atoms with Crippen LogP contribution in [0.3, 0.4) is 0 Å². The third-order valence-corrected chi connectivity index (χ3v) is 6.76.